The average Bonchev–Trinajstić information content (AvgIpc) is 3.29. The lowest BCUT2D eigenvalue weighted by molar-refractivity contribution is 0.0946. The van der Waals surface area contributed by atoms with Crippen molar-refractivity contribution in [2.24, 2.45) is 0 Å². The van der Waals surface area contributed by atoms with Crippen molar-refractivity contribution in [3.05, 3.63) is 115 Å². The molecule has 138 valence electrons. The molecule has 3 aromatic carbocycles. The molecule has 0 aromatic heterocycles. The first-order valence-electron chi connectivity index (χ1n) is 9.55. The minimum absolute atomic E-state index is 0.148. The predicted octanol–water partition coefficient (Wildman–Crippen LogP) is 6.01. The quantitative estimate of drug-likeness (QED) is 0.388. The molecule has 0 saturated heterocycles. The van der Waals surface area contributed by atoms with Gasteiger partial charge in [0.2, 0.25) is 0 Å². The molecule has 0 radical (unpaired) electrons. The Morgan fingerprint density at radius 1 is 0.586 bits per heavy atom. The van der Waals surface area contributed by atoms with Gasteiger partial charge in [0.05, 0.1) is 11.4 Å². The van der Waals surface area contributed by atoms with E-state index in [-0.39, 0.29) is 5.91 Å². The fourth-order valence-corrected chi connectivity index (χ4v) is 3.68. The third-order valence-electron chi connectivity index (χ3n) is 5.05. The van der Waals surface area contributed by atoms with Crippen LogP contribution >= 0.6 is 0 Å². The van der Waals surface area contributed by atoms with Crippen LogP contribution in [0.15, 0.2) is 109 Å². The molecule has 0 bridgehead atoms. The van der Waals surface area contributed by atoms with E-state index >= 15 is 0 Å². The van der Waals surface area contributed by atoms with Crippen molar-refractivity contribution >= 4 is 5.91 Å². The molecule has 1 aliphatic carbocycles. The molecule has 1 heterocycles. The van der Waals surface area contributed by atoms with Gasteiger partial charge in [-0.2, -0.15) is 9.78 Å². The maximum atomic E-state index is 13.5. The van der Waals surface area contributed by atoms with Crippen LogP contribution in [0, 0.1) is 0 Å². The Bertz CT molecular complexity index is 1240. The SMILES string of the molecule is O=C(c1ccccc1)n1nc(-c2ccccc2)c2cccc-2c1-c1ccccc1. The van der Waals surface area contributed by atoms with Gasteiger partial charge in [-0.15, -0.1) is 0 Å². The molecule has 5 rings (SSSR count). The number of aromatic nitrogens is 2. The van der Waals surface area contributed by atoms with Crippen molar-refractivity contribution in [1.82, 2.24) is 9.78 Å². The molecule has 3 heteroatoms. The number of hydrogen-bond acceptors (Lipinski definition) is 2. The van der Waals surface area contributed by atoms with E-state index in [2.05, 4.69) is 12.1 Å². The van der Waals surface area contributed by atoms with Gasteiger partial charge in [0.1, 0.15) is 0 Å². The lowest BCUT2D eigenvalue weighted by atomic mass is 9.98. The Kier molecular flexibility index (Phi) is 4.26. The van der Waals surface area contributed by atoms with Crippen LogP contribution in [0.1, 0.15) is 10.4 Å². The largest absolute Gasteiger partial charge is 0.278 e. The first-order chi connectivity index (χ1) is 14.3. The van der Waals surface area contributed by atoms with Crippen molar-refractivity contribution < 1.29 is 4.79 Å². The highest BCUT2D eigenvalue weighted by Gasteiger charge is 2.24. The first-order valence-corrected chi connectivity index (χ1v) is 9.55. The highest BCUT2D eigenvalue weighted by molar-refractivity contribution is 6.01. The fourth-order valence-electron chi connectivity index (χ4n) is 3.68. The summed E-state index contributed by atoms with van der Waals surface area (Å²) in [6, 6.07) is 35.4. The van der Waals surface area contributed by atoms with Crippen molar-refractivity contribution in [3.63, 3.8) is 0 Å². The van der Waals surface area contributed by atoms with Crippen LogP contribution in [0.2, 0.25) is 0 Å². The maximum Gasteiger partial charge on any atom is 0.278 e. The molecule has 0 unspecified atom stereocenters. The van der Waals surface area contributed by atoms with E-state index < -0.39 is 0 Å². The minimum Gasteiger partial charge on any atom is -0.267 e. The van der Waals surface area contributed by atoms with Gasteiger partial charge in [-0.3, -0.25) is 4.79 Å². The molecule has 3 aromatic rings. The molecular weight excluding hydrogens is 356 g/mol. The minimum atomic E-state index is -0.148. The number of nitrogens with zero attached hydrogens (tertiary/aromatic N) is 2. The van der Waals surface area contributed by atoms with Gasteiger partial charge in [-0.25, -0.2) is 0 Å². The third-order valence-corrected chi connectivity index (χ3v) is 5.05. The third kappa shape index (κ3) is 3.03. The molecular formula is C26H18N2O. The van der Waals surface area contributed by atoms with Crippen LogP contribution in [0.5, 0.6) is 0 Å². The molecule has 0 N–H and O–H groups in total. The summed E-state index contributed by atoms with van der Waals surface area (Å²) >= 11 is 0. The summed E-state index contributed by atoms with van der Waals surface area (Å²) in [7, 11) is 0. The Morgan fingerprint density at radius 2 is 1.14 bits per heavy atom. The summed E-state index contributed by atoms with van der Waals surface area (Å²) in [4.78, 5) is 13.5. The van der Waals surface area contributed by atoms with Crippen LogP contribution in [0.3, 0.4) is 0 Å². The monoisotopic (exact) mass is 374 g/mol. The van der Waals surface area contributed by atoms with Crippen molar-refractivity contribution in [2.75, 3.05) is 0 Å². The Balaban J connectivity index is 1.83. The van der Waals surface area contributed by atoms with E-state index in [1.807, 2.05) is 97.1 Å². The van der Waals surface area contributed by atoms with Crippen LogP contribution < -0.4 is 0 Å². The number of rotatable bonds is 3. The second-order valence-electron chi connectivity index (χ2n) is 6.87. The molecule has 29 heavy (non-hydrogen) atoms. The van der Waals surface area contributed by atoms with Crippen molar-refractivity contribution in [1.29, 1.82) is 0 Å². The average molecular weight is 374 g/mol. The van der Waals surface area contributed by atoms with Crippen molar-refractivity contribution in [3.8, 4) is 33.6 Å². The molecule has 3 nitrogen and oxygen atoms in total. The molecule has 0 saturated carbocycles. The van der Waals surface area contributed by atoms with Gasteiger partial charge in [0.15, 0.2) is 0 Å². The topological polar surface area (TPSA) is 34.9 Å². The van der Waals surface area contributed by atoms with Crippen molar-refractivity contribution in [2.45, 2.75) is 0 Å². The molecule has 2 aliphatic rings. The number of hydrogen-bond donors (Lipinski definition) is 0. The number of fused-ring (bicyclic) bond motifs is 1. The predicted molar refractivity (Wildman–Crippen MR) is 116 cm³/mol. The van der Waals surface area contributed by atoms with Gasteiger partial charge in [-0.1, -0.05) is 97.1 Å². The molecule has 1 aliphatic heterocycles. The van der Waals surface area contributed by atoms with Gasteiger partial charge < -0.3 is 0 Å². The van der Waals surface area contributed by atoms with Crippen LogP contribution in [-0.2, 0) is 0 Å². The second kappa shape index (κ2) is 7.21. The number of carbonyl (C=O) groups is 1. The smallest absolute Gasteiger partial charge is 0.267 e. The first kappa shape index (κ1) is 17.1. The fraction of sp³-hybridized carbons (Fsp3) is 0. The number of carbonyl (C=O) groups excluding carboxylic acids is 1. The summed E-state index contributed by atoms with van der Waals surface area (Å²) in [6.07, 6.45) is 0. The zero-order valence-corrected chi connectivity index (χ0v) is 15.7. The van der Waals surface area contributed by atoms with Crippen LogP contribution in [0.4, 0.5) is 0 Å². The van der Waals surface area contributed by atoms with Gasteiger partial charge in [0.25, 0.3) is 5.91 Å². The van der Waals surface area contributed by atoms with E-state index in [9.17, 15) is 4.79 Å². The lowest BCUT2D eigenvalue weighted by Crippen LogP contribution is -2.20. The zero-order valence-electron chi connectivity index (χ0n) is 15.7. The van der Waals surface area contributed by atoms with Crippen LogP contribution in [0.25, 0.3) is 33.6 Å². The summed E-state index contributed by atoms with van der Waals surface area (Å²) < 4.78 is 1.55. The van der Waals surface area contributed by atoms with E-state index in [0.29, 0.717) is 5.56 Å². The normalized spacial score (nSPS) is 10.9. The molecule has 0 fully saturated rings. The maximum absolute atomic E-state index is 13.5. The summed E-state index contributed by atoms with van der Waals surface area (Å²) in [6.45, 7) is 0. The van der Waals surface area contributed by atoms with E-state index in [1.54, 1.807) is 4.68 Å². The van der Waals surface area contributed by atoms with E-state index in [1.165, 1.54) is 0 Å². The van der Waals surface area contributed by atoms with Gasteiger partial charge in [-0.05, 0) is 12.1 Å². The Labute approximate surface area is 169 Å². The zero-order chi connectivity index (χ0) is 19.6. The summed E-state index contributed by atoms with van der Waals surface area (Å²) in [5.74, 6) is -0.148. The lowest BCUT2D eigenvalue weighted by Gasteiger charge is -2.19. The Hall–Kier alpha value is -3.98. The molecule has 0 amide bonds. The highest BCUT2D eigenvalue weighted by atomic mass is 16.2. The summed E-state index contributed by atoms with van der Waals surface area (Å²) in [5, 5.41) is 4.86. The van der Waals surface area contributed by atoms with Crippen LogP contribution in [-0.4, -0.2) is 15.7 Å². The highest BCUT2D eigenvalue weighted by Crippen LogP contribution is 2.39. The second-order valence-corrected chi connectivity index (χ2v) is 6.87. The molecule has 0 spiro atoms. The standard InChI is InChI=1S/C26H18N2O/c29-26(21-15-8-3-9-16-21)28-25(20-13-6-2-7-14-20)23-18-10-17-22(23)24(27-28)19-11-4-1-5-12-19/h1-18H. The van der Waals surface area contributed by atoms with Gasteiger partial charge >= 0.3 is 0 Å². The molecule has 0 atom stereocenters. The number of benzene rings is 3. The van der Waals surface area contributed by atoms with Gasteiger partial charge in [0, 0.05) is 27.8 Å². The Morgan fingerprint density at radius 3 is 1.79 bits per heavy atom. The summed E-state index contributed by atoms with van der Waals surface area (Å²) in [5.41, 5.74) is 6.19. The van der Waals surface area contributed by atoms with E-state index in [0.717, 1.165) is 33.6 Å². The van der Waals surface area contributed by atoms with E-state index in [4.69, 9.17) is 5.10 Å².